The van der Waals surface area contributed by atoms with Crippen LogP contribution in [0, 0.1) is 0 Å². The van der Waals surface area contributed by atoms with Crippen LogP contribution in [-0.4, -0.2) is 57.5 Å². The Bertz CT molecular complexity index is 1290. The molecule has 32 heavy (non-hydrogen) atoms. The van der Waals surface area contributed by atoms with Gasteiger partial charge in [0.05, 0.1) is 27.7 Å². The van der Waals surface area contributed by atoms with Crippen molar-refractivity contribution in [1.29, 1.82) is 0 Å². The molecule has 0 spiro atoms. The van der Waals surface area contributed by atoms with Crippen LogP contribution in [0.4, 0.5) is 19.0 Å². The number of halogens is 3. The second kappa shape index (κ2) is 7.77. The molecule has 4 aromatic rings. The molecular weight excluding hydrogens is 419 g/mol. The molecule has 5 rings (SSSR count). The molecule has 0 bridgehead atoms. The summed E-state index contributed by atoms with van der Waals surface area (Å²) in [6.07, 6.45) is 0.139. The molecule has 1 aliphatic carbocycles. The lowest BCUT2D eigenvalue weighted by Gasteiger charge is -2.22. The van der Waals surface area contributed by atoms with Gasteiger partial charge in [-0.2, -0.15) is 23.4 Å². The largest absolute Gasteiger partial charge is 0.435 e. The highest BCUT2D eigenvalue weighted by Gasteiger charge is 2.38. The van der Waals surface area contributed by atoms with Gasteiger partial charge in [-0.1, -0.05) is 0 Å². The molecule has 1 aromatic carbocycles. The van der Waals surface area contributed by atoms with E-state index in [1.807, 2.05) is 26.2 Å². The number of likely N-dealkylation sites (N-methyl/N-ethyl adjacent to an activating group) is 1. The minimum Gasteiger partial charge on any atom is -0.367 e. The van der Waals surface area contributed by atoms with E-state index in [-0.39, 0.29) is 5.56 Å². The standard InChI is InChI=1S/C22H24F3N7/c1-32(2)10-9-26-21-18-16(29-31-21)8-7-15-17(18)12-5-3-4-6-13(12)19(28-15)14-11-27-30-20(14)22(23,24)25/h7-8,11H,3-6,9-10H2,1-2H3,(H,27,30)(H2,26,29,31). The fourth-order valence-corrected chi connectivity index (χ4v) is 4.57. The van der Waals surface area contributed by atoms with Crippen LogP contribution in [0.25, 0.3) is 33.1 Å². The third-order valence-electron chi connectivity index (χ3n) is 6.01. The molecular formula is C22H24F3N7. The Morgan fingerprint density at radius 2 is 1.84 bits per heavy atom. The quantitative estimate of drug-likeness (QED) is 0.427. The molecule has 0 unspecified atom stereocenters. The predicted molar refractivity (Wildman–Crippen MR) is 118 cm³/mol. The molecule has 0 saturated carbocycles. The number of aryl methyl sites for hydroxylation is 1. The summed E-state index contributed by atoms with van der Waals surface area (Å²) >= 11 is 0. The molecule has 0 fully saturated rings. The summed E-state index contributed by atoms with van der Waals surface area (Å²) in [5.74, 6) is 0.745. The van der Waals surface area contributed by atoms with Crippen LogP contribution in [0.15, 0.2) is 18.3 Å². The summed E-state index contributed by atoms with van der Waals surface area (Å²) in [6, 6.07) is 3.74. The normalized spacial score (nSPS) is 14.4. The molecule has 0 radical (unpaired) electrons. The summed E-state index contributed by atoms with van der Waals surface area (Å²) < 4.78 is 40.7. The van der Waals surface area contributed by atoms with Gasteiger partial charge in [0.15, 0.2) is 11.5 Å². The molecule has 3 heterocycles. The summed E-state index contributed by atoms with van der Waals surface area (Å²) in [5, 5.41) is 18.7. The van der Waals surface area contributed by atoms with Gasteiger partial charge in [-0.25, -0.2) is 4.98 Å². The topological polar surface area (TPSA) is 85.5 Å². The first-order valence-corrected chi connectivity index (χ1v) is 10.7. The number of rotatable bonds is 5. The van der Waals surface area contributed by atoms with Crippen molar-refractivity contribution in [1.82, 2.24) is 30.3 Å². The van der Waals surface area contributed by atoms with Gasteiger partial charge < -0.3 is 10.2 Å². The number of aromatic nitrogens is 5. The van der Waals surface area contributed by atoms with Crippen molar-refractivity contribution in [3.05, 3.63) is 35.2 Å². The number of aromatic amines is 2. The molecule has 7 nitrogen and oxygen atoms in total. The number of pyridine rings is 1. The maximum absolute atomic E-state index is 13.6. The first kappa shape index (κ1) is 20.7. The predicted octanol–water partition coefficient (Wildman–Crippen LogP) is 4.37. The van der Waals surface area contributed by atoms with E-state index in [0.717, 1.165) is 65.6 Å². The van der Waals surface area contributed by atoms with Crippen LogP contribution >= 0.6 is 0 Å². The summed E-state index contributed by atoms with van der Waals surface area (Å²) in [4.78, 5) is 6.83. The molecule has 0 aliphatic heterocycles. The molecule has 168 valence electrons. The van der Waals surface area contributed by atoms with E-state index >= 15 is 0 Å². The van der Waals surface area contributed by atoms with Crippen molar-refractivity contribution in [2.24, 2.45) is 0 Å². The van der Waals surface area contributed by atoms with E-state index in [4.69, 9.17) is 4.98 Å². The zero-order valence-corrected chi connectivity index (χ0v) is 17.9. The van der Waals surface area contributed by atoms with Crippen LogP contribution < -0.4 is 5.32 Å². The molecule has 0 amide bonds. The Morgan fingerprint density at radius 1 is 1.06 bits per heavy atom. The second-order valence-electron chi connectivity index (χ2n) is 8.45. The molecule has 3 aromatic heterocycles. The van der Waals surface area contributed by atoms with E-state index in [0.29, 0.717) is 17.6 Å². The Morgan fingerprint density at radius 3 is 2.59 bits per heavy atom. The second-order valence-corrected chi connectivity index (χ2v) is 8.45. The highest BCUT2D eigenvalue weighted by molar-refractivity contribution is 6.13. The average Bonchev–Trinajstić information content (AvgIpc) is 3.40. The first-order chi connectivity index (χ1) is 15.3. The van der Waals surface area contributed by atoms with Crippen molar-refractivity contribution in [3.8, 4) is 11.3 Å². The monoisotopic (exact) mass is 443 g/mol. The highest BCUT2D eigenvalue weighted by Crippen LogP contribution is 2.42. The number of nitrogens with one attached hydrogen (secondary N) is 3. The zero-order valence-electron chi connectivity index (χ0n) is 17.9. The molecule has 0 atom stereocenters. The van der Waals surface area contributed by atoms with E-state index in [1.54, 1.807) is 0 Å². The van der Waals surface area contributed by atoms with Crippen LogP contribution in [0.5, 0.6) is 0 Å². The van der Waals surface area contributed by atoms with Gasteiger partial charge in [-0.15, -0.1) is 0 Å². The van der Waals surface area contributed by atoms with Crippen molar-refractivity contribution < 1.29 is 13.2 Å². The number of nitrogens with zero attached hydrogens (tertiary/aromatic N) is 4. The van der Waals surface area contributed by atoms with Gasteiger partial charge in [0, 0.05) is 24.7 Å². The lowest BCUT2D eigenvalue weighted by molar-refractivity contribution is -0.140. The zero-order chi connectivity index (χ0) is 22.5. The number of anilines is 1. The first-order valence-electron chi connectivity index (χ1n) is 10.7. The molecule has 1 aliphatic rings. The lowest BCUT2D eigenvalue weighted by atomic mass is 9.85. The molecule has 3 N–H and O–H groups in total. The van der Waals surface area contributed by atoms with Gasteiger partial charge >= 0.3 is 6.18 Å². The van der Waals surface area contributed by atoms with Crippen molar-refractivity contribution in [3.63, 3.8) is 0 Å². The number of fused-ring (bicyclic) bond motifs is 5. The van der Waals surface area contributed by atoms with Crippen molar-refractivity contribution in [2.45, 2.75) is 31.9 Å². The minimum atomic E-state index is -4.55. The lowest BCUT2D eigenvalue weighted by Crippen LogP contribution is -2.21. The summed E-state index contributed by atoms with van der Waals surface area (Å²) in [5.41, 5.74) is 2.95. The van der Waals surface area contributed by atoms with Crippen molar-refractivity contribution >= 4 is 27.6 Å². The van der Waals surface area contributed by atoms with Gasteiger partial charge in [-0.3, -0.25) is 10.2 Å². The smallest absolute Gasteiger partial charge is 0.367 e. The van der Waals surface area contributed by atoms with Crippen LogP contribution in [0.1, 0.15) is 29.7 Å². The van der Waals surface area contributed by atoms with Crippen LogP contribution in [0.2, 0.25) is 0 Å². The summed E-state index contributed by atoms with van der Waals surface area (Å²) in [7, 11) is 4.01. The maximum Gasteiger partial charge on any atom is 0.435 e. The van der Waals surface area contributed by atoms with Gasteiger partial charge in [-0.05, 0) is 63.0 Å². The fraction of sp³-hybridized carbons (Fsp3) is 0.409. The molecule has 0 saturated heterocycles. The van der Waals surface area contributed by atoms with Crippen LogP contribution in [0.3, 0.4) is 0 Å². The Balaban J connectivity index is 1.74. The van der Waals surface area contributed by atoms with E-state index in [9.17, 15) is 13.2 Å². The fourth-order valence-electron chi connectivity index (χ4n) is 4.57. The Hall–Kier alpha value is -3.14. The molecule has 10 heteroatoms. The number of hydrogen-bond acceptors (Lipinski definition) is 5. The Labute approximate surface area is 182 Å². The third-order valence-corrected chi connectivity index (χ3v) is 6.01. The Kier molecular flexibility index (Phi) is 5.04. The highest BCUT2D eigenvalue weighted by atomic mass is 19.4. The average molecular weight is 443 g/mol. The van der Waals surface area contributed by atoms with Gasteiger partial charge in [0.25, 0.3) is 0 Å². The van der Waals surface area contributed by atoms with Gasteiger partial charge in [0.1, 0.15) is 0 Å². The van der Waals surface area contributed by atoms with Crippen LogP contribution in [-0.2, 0) is 19.0 Å². The minimum absolute atomic E-state index is 0.00849. The van der Waals surface area contributed by atoms with Gasteiger partial charge in [0.2, 0.25) is 0 Å². The third kappa shape index (κ3) is 3.48. The SMILES string of the molecule is CN(C)CCNc1n[nH]c2ccc3nc(-c4c[nH]nc4C(F)(F)F)c4c(c3c12)CCCC4. The van der Waals surface area contributed by atoms with Crippen molar-refractivity contribution in [2.75, 3.05) is 32.5 Å². The van der Waals surface area contributed by atoms with E-state index in [2.05, 4.69) is 30.6 Å². The maximum atomic E-state index is 13.6. The van der Waals surface area contributed by atoms with E-state index in [1.165, 1.54) is 6.20 Å². The number of alkyl halides is 3. The summed E-state index contributed by atoms with van der Waals surface area (Å²) in [6.45, 7) is 1.57. The number of benzene rings is 1. The number of H-pyrrole nitrogens is 2. The number of hydrogen-bond donors (Lipinski definition) is 3. The van der Waals surface area contributed by atoms with E-state index < -0.39 is 11.9 Å².